The molecule has 0 saturated carbocycles. The molecule has 1 aromatic rings. The zero-order chi connectivity index (χ0) is 13.2. The predicted octanol–water partition coefficient (Wildman–Crippen LogP) is 2.02. The maximum Gasteiger partial charge on any atom is 0.182 e. The molecule has 1 fully saturated rings. The molecule has 0 aromatic carbocycles. The van der Waals surface area contributed by atoms with Crippen molar-refractivity contribution in [3.63, 3.8) is 0 Å². The van der Waals surface area contributed by atoms with Crippen molar-refractivity contribution in [2.45, 2.75) is 31.8 Å². The molecule has 5 nitrogen and oxygen atoms in total. The monoisotopic (exact) mass is 251 g/mol. The van der Waals surface area contributed by atoms with Crippen molar-refractivity contribution in [3.05, 3.63) is 35.4 Å². The number of ether oxygens (including phenoxy) is 2. The Balaban J connectivity index is 2.12. The second kappa shape index (κ2) is 4.96. The third-order valence-electron chi connectivity index (χ3n) is 2.51. The fourth-order valence-electron chi connectivity index (χ4n) is 1.86. The van der Waals surface area contributed by atoms with Crippen molar-refractivity contribution < 1.29 is 18.6 Å². The minimum absolute atomic E-state index is 0.304. The second-order valence-corrected chi connectivity index (χ2v) is 4.63. The molecule has 0 amide bonds. The van der Waals surface area contributed by atoms with E-state index in [9.17, 15) is 5.21 Å². The van der Waals surface area contributed by atoms with Gasteiger partial charge in [-0.05, 0) is 38.1 Å². The summed E-state index contributed by atoms with van der Waals surface area (Å²) in [5.41, 5.74) is 0. The maximum absolute atomic E-state index is 11.1. The molecule has 5 heteroatoms. The van der Waals surface area contributed by atoms with Crippen molar-refractivity contribution in [1.29, 1.82) is 0 Å². The number of hydroxylamine groups is 1. The summed E-state index contributed by atoms with van der Waals surface area (Å²) in [7, 11) is 1.42. The largest absolute Gasteiger partial charge is 0.624 e. The van der Waals surface area contributed by atoms with E-state index < -0.39 is 11.9 Å². The molecule has 1 saturated heterocycles. The van der Waals surface area contributed by atoms with E-state index >= 15 is 0 Å². The summed E-state index contributed by atoms with van der Waals surface area (Å²) in [4.78, 5) is 0. The topological polar surface area (TPSA) is 57.7 Å². The molecular weight excluding hydrogens is 234 g/mol. The number of hydrogen-bond acceptors (Lipinski definition) is 4. The normalized spacial score (nSPS) is 28.1. The Hall–Kier alpha value is -1.59. The summed E-state index contributed by atoms with van der Waals surface area (Å²) in [5.74, 6) is 0.0348. The van der Waals surface area contributed by atoms with Crippen molar-refractivity contribution in [3.8, 4) is 0 Å². The maximum atomic E-state index is 11.1. The highest BCUT2D eigenvalue weighted by Gasteiger charge is 2.40. The first-order valence-electron chi connectivity index (χ1n) is 5.78. The van der Waals surface area contributed by atoms with Gasteiger partial charge in [-0.15, -0.1) is 0 Å². The van der Waals surface area contributed by atoms with Gasteiger partial charge < -0.3 is 19.1 Å². The lowest BCUT2D eigenvalue weighted by molar-refractivity contribution is -0.420. The van der Waals surface area contributed by atoms with Crippen LogP contribution in [0.2, 0.25) is 0 Å². The molecule has 0 spiro atoms. The van der Waals surface area contributed by atoms with Crippen molar-refractivity contribution in [2.75, 3.05) is 7.05 Å². The minimum Gasteiger partial charge on any atom is -0.624 e. The van der Waals surface area contributed by atoms with Crippen LogP contribution in [0.25, 0.3) is 6.08 Å². The van der Waals surface area contributed by atoms with Gasteiger partial charge in [0.15, 0.2) is 18.1 Å². The molecule has 2 heterocycles. The molecule has 0 unspecified atom stereocenters. The summed E-state index contributed by atoms with van der Waals surface area (Å²) in [6.07, 6.45) is 5.99. The van der Waals surface area contributed by atoms with Crippen LogP contribution in [-0.4, -0.2) is 36.0 Å². The zero-order valence-corrected chi connectivity index (χ0v) is 10.7. The molecular formula is C13H17NO4. The molecule has 0 aliphatic carbocycles. The van der Waals surface area contributed by atoms with E-state index in [-0.39, 0.29) is 6.10 Å². The smallest absolute Gasteiger partial charge is 0.182 e. The highest BCUT2D eigenvalue weighted by atomic mass is 16.7. The van der Waals surface area contributed by atoms with Gasteiger partial charge in [-0.1, -0.05) is 0 Å². The second-order valence-electron chi connectivity index (χ2n) is 4.63. The van der Waals surface area contributed by atoms with E-state index in [1.807, 2.05) is 32.1 Å². The lowest BCUT2D eigenvalue weighted by Crippen LogP contribution is -2.25. The molecule has 0 bridgehead atoms. The molecule has 2 rings (SSSR count). The predicted molar refractivity (Wildman–Crippen MR) is 67.2 cm³/mol. The zero-order valence-electron chi connectivity index (χ0n) is 10.7. The Morgan fingerprint density at radius 1 is 1.33 bits per heavy atom. The van der Waals surface area contributed by atoms with Crippen LogP contribution in [0, 0.1) is 5.21 Å². The standard InChI is InChI=1S/C13H17NO4/c1-13(2)17-11(12(18-13)9-14(3)15)7-6-10-5-4-8-16-10/h4-9,11-12H,1-3H3/b7-6+,14-9-/t11-,12+/m0/s1. The fraction of sp³-hybridized carbons (Fsp3) is 0.462. The number of furan rings is 1. The number of hydrogen-bond donors (Lipinski definition) is 0. The fourth-order valence-corrected chi connectivity index (χ4v) is 1.86. The van der Waals surface area contributed by atoms with E-state index in [1.165, 1.54) is 13.3 Å². The van der Waals surface area contributed by atoms with Gasteiger partial charge in [-0.25, -0.2) is 4.74 Å². The summed E-state index contributed by atoms with van der Waals surface area (Å²) in [6.45, 7) is 3.64. The first kappa shape index (κ1) is 12.9. The van der Waals surface area contributed by atoms with Crippen LogP contribution >= 0.6 is 0 Å². The lowest BCUT2D eigenvalue weighted by Gasteiger charge is -2.15. The van der Waals surface area contributed by atoms with Gasteiger partial charge in [-0.2, -0.15) is 0 Å². The van der Waals surface area contributed by atoms with Crippen molar-refractivity contribution in [2.24, 2.45) is 0 Å². The average molecular weight is 251 g/mol. The van der Waals surface area contributed by atoms with Gasteiger partial charge in [0.2, 0.25) is 0 Å². The Bertz CT molecular complexity index is 444. The third-order valence-corrected chi connectivity index (χ3v) is 2.51. The molecule has 1 aromatic heterocycles. The highest BCUT2D eigenvalue weighted by molar-refractivity contribution is 5.61. The van der Waals surface area contributed by atoms with Gasteiger partial charge in [-0.3, -0.25) is 0 Å². The Morgan fingerprint density at radius 2 is 2.06 bits per heavy atom. The van der Waals surface area contributed by atoms with Gasteiger partial charge in [0, 0.05) is 0 Å². The molecule has 1 aliphatic heterocycles. The first-order valence-corrected chi connectivity index (χ1v) is 5.78. The van der Waals surface area contributed by atoms with Gasteiger partial charge >= 0.3 is 0 Å². The number of nitrogens with zero attached hydrogens (tertiary/aromatic N) is 1. The van der Waals surface area contributed by atoms with E-state index in [0.29, 0.717) is 0 Å². The van der Waals surface area contributed by atoms with E-state index in [0.717, 1.165) is 10.5 Å². The highest BCUT2D eigenvalue weighted by Crippen LogP contribution is 2.28. The van der Waals surface area contributed by atoms with Gasteiger partial charge in [0.1, 0.15) is 18.9 Å². The Morgan fingerprint density at radius 3 is 2.67 bits per heavy atom. The van der Waals surface area contributed by atoms with Crippen molar-refractivity contribution in [1.82, 2.24) is 0 Å². The molecule has 98 valence electrons. The molecule has 1 aliphatic rings. The minimum atomic E-state index is -0.699. The van der Waals surface area contributed by atoms with Crippen LogP contribution in [0.5, 0.6) is 0 Å². The van der Waals surface area contributed by atoms with Crippen LogP contribution in [0.3, 0.4) is 0 Å². The van der Waals surface area contributed by atoms with Crippen LogP contribution in [0.1, 0.15) is 19.6 Å². The average Bonchev–Trinajstić information content (AvgIpc) is 2.82. The van der Waals surface area contributed by atoms with Crippen LogP contribution in [-0.2, 0) is 9.47 Å². The molecule has 18 heavy (non-hydrogen) atoms. The van der Waals surface area contributed by atoms with Gasteiger partial charge in [0.25, 0.3) is 0 Å². The summed E-state index contributed by atoms with van der Waals surface area (Å²) < 4.78 is 17.3. The van der Waals surface area contributed by atoms with Crippen LogP contribution in [0.15, 0.2) is 28.9 Å². The molecule has 0 radical (unpaired) electrons. The Labute approximate surface area is 106 Å². The summed E-state index contributed by atoms with van der Waals surface area (Å²) in [6, 6.07) is 3.65. The summed E-state index contributed by atoms with van der Waals surface area (Å²) in [5, 5.41) is 11.1. The third kappa shape index (κ3) is 3.21. The van der Waals surface area contributed by atoms with E-state index in [4.69, 9.17) is 13.9 Å². The quantitative estimate of drug-likeness (QED) is 0.357. The SMILES string of the molecule is C/[N+]([O-])=C/[C@H]1OC(C)(C)O[C@H]1/C=C/c1ccco1. The van der Waals surface area contributed by atoms with Crippen LogP contribution in [0.4, 0.5) is 0 Å². The van der Waals surface area contributed by atoms with Gasteiger partial charge in [0.05, 0.1) is 6.26 Å². The van der Waals surface area contributed by atoms with Crippen molar-refractivity contribution >= 4 is 12.3 Å². The van der Waals surface area contributed by atoms with E-state index in [2.05, 4.69) is 0 Å². The first-order chi connectivity index (χ1) is 8.46. The number of rotatable bonds is 3. The lowest BCUT2D eigenvalue weighted by atomic mass is 10.2. The van der Waals surface area contributed by atoms with Crippen LogP contribution < -0.4 is 0 Å². The van der Waals surface area contributed by atoms with E-state index in [1.54, 1.807) is 12.3 Å². The molecule has 2 atom stereocenters. The Kier molecular flexibility index (Phi) is 3.54. The molecule has 0 N–H and O–H groups in total. The summed E-state index contributed by atoms with van der Waals surface area (Å²) >= 11 is 0.